The number of hydrogen-bond acceptors (Lipinski definition) is 8. The van der Waals surface area contributed by atoms with E-state index in [0.29, 0.717) is 21.2 Å². The number of aromatic nitrogens is 2. The van der Waals surface area contributed by atoms with Crippen molar-refractivity contribution in [2.75, 3.05) is 4.90 Å². The normalized spacial score (nSPS) is 15.6. The van der Waals surface area contributed by atoms with E-state index in [1.807, 2.05) is 24.3 Å². The number of carbonyl (C=O) groups excluding carboxylic acids is 2. The zero-order valence-corrected chi connectivity index (χ0v) is 27.3. The van der Waals surface area contributed by atoms with Gasteiger partial charge in [0.1, 0.15) is 11.6 Å². The van der Waals surface area contributed by atoms with E-state index < -0.39 is 35.3 Å². The number of aliphatic carboxylic acids is 1. The van der Waals surface area contributed by atoms with Gasteiger partial charge in [-0.2, -0.15) is 0 Å². The summed E-state index contributed by atoms with van der Waals surface area (Å²) in [7, 11) is 0. The summed E-state index contributed by atoms with van der Waals surface area (Å²) in [6, 6.07) is 21.9. The van der Waals surface area contributed by atoms with E-state index in [0.717, 1.165) is 40.7 Å². The molecule has 234 valence electrons. The largest absolute Gasteiger partial charge is 0.507 e. The standard InChI is InChI=1S/C31H20Cl2FN3O3S2.C2H4O2/c1-16-9-10-19(14-24(16)34)27(38)25-26(18-11-12-22(32)23(33)13-18)37(29(40)28(25)39)30-35-36-31(42-30)41-15-20-7-4-6-17-5-2-3-8-21(17)20;1-2(3)4/h2-14,26,38H,15H2,1H3;1H3,(H,3,4)/b27-25-;. The van der Waals surface area contributed by atoms with Crippen LogP contribution in [0.3, 0.4) is 0 Å². The number of carboxylic acid groups (broad SMARTS) is 1. The number of carbonyl (C=O) groups is 3. The Bertz CT molecular complexity index is 2020. The predicted octanol–water partition coefficient (Wildman–Crippen LogP) is 8.46. The van der Waals surface area contributed by atoms with Crippen LogP contribution in [0.4, 0.5) is 9.52 Å². The maximum atomic E-state index is 14.4. The second-order valence-corrected chi connectivity index (χ2v) is 13.1. The number of nitrogens with zero attached hydrogens (tertiary/aromatic N) is 3. The van der Waals surface area contributed by atoms with Gasteiger partial charge in [0.25, 0.3) is 11.8 Å². The van der Waals surface area contributed by atoms with Crippen molar-refractivity contribution >= 4 is 85.6 Å². The fourth-order valence-electron chi connectivity index (χ4n) is 4.84. The highest BCUT2D eigenvalue weighted by Crippen LogP contribution is 2.45. The molecule has 0 bridgehead atoms. The highest BCUT2D eigenvalue weighted by molar-refractivity contribution is 8.00. The number of thioether (sulfide) groups is 1. The number of hydrogen-bond donors (Lipinski definition) is 2. The Hall–Kier alpha value is -4.29. The number of benzene rings is 4. The van der Waals surface area contributed by atoms with E-state index in [4.69, 9.17) is 33.1 Å². The number of aliphatic hydroxyl groups is 1. The van der Waals surface area contributed by atoms with Gasteiger partial charge in [-0.05, 0) is 52.6 Å². The van der Waals surface area contributed by atoms with Gasteiger partial charge >= 0.3 is 5.91 Å². The molecule has 4 aromatic carbocycles. The first-order valence-electron chi connectivity index (χ1n) is 13.6. The van der Waals surface area contributed by atoms with E-state index in [1.54, 1.807) is 13.0 Å². The molecular formula is C33H24Cl2FN3O5S2. The molecule has 1 amide bonds. The lowest BCUT2D eigenvalue weighted by atomic mass is 9.95. The van der Waals surface area contributed by atoms with Crippen LogP contribution < -0.4 is 4.90 Å². The number of rotatable bonds is 6. The van der Waals surface area contributed by atoms with Crippen LogP contribution in [0.5, 0.6) is 0 Å². The Morgan fingerprint density at radius 3 is 2.41 bits per heavy atom. The lowest BCUT2D eigenvalue weighted by Crippen LogP contribution is -2.29. The van der Waals surface area contributed by atoms with Crippen LogP contribution in [-0.2, 0) is 20.1 Å². The highest BCUT2D eigenvalue weighted by Gasteiger charge is 2.48. The Balaban J connectivity index is 0.000000985. The van der Waals surface area contributed by atoms with Crippen molar-refractivity contribution in [3.63, 3.8) is 0 Å². The number of halogens is 3. The van der Waals surface area contributed by atoms with E-state index in [-0.39, 0.29) is 26.3 Å². The van der Waals surface area contributed by atoms with Gasteiger partial charge in [-0.25, -0.2) is 4.39 Å². The molecule has 6 rings (SSSR count). The molecule has 0 spiro atoms. The SMILES string of the molecule is CC(=O)O.Cc1ccc(/C(O)=C2/C(=O)C(=O)N(c3nnc(SCc4cccc5ccccc45)s3)C2c2ccc(Cl)c(Cl)c2)cc1F. The molecule has 1 saturated heterocycles. The Morgan fingerprint density at radius 1 is 0.978 bits per heavy atom. The number of fused-ring (bicyclic) bond motifs is 1. The van der Waals surface area contributed by atoms with Gasteiger partial charge in [0.05, 0.1) is 21.7 Å². The molecule has 0 saturated carbocycles. The van der Waals surface area contributed by atoms with Crippen LogP contribution in [0, 0.1) is 12.7 Å². The second kappa shape index (κ2) is 14.0. The number of anilines is 1. The smallest absolute Gasteiger partial charge is 0.301 e. The van der Waals surface area contributed by atoms with Gasteiger partial charge in [-0.15, -0.1) is 10.2 Å². The average Bonchev–Trinajstić information content (AvgIpc) is 3.60. The van der Waals surface area contributed by atoms with E-state index in [1.165, 1.54) is 40.9 Å². The quantitative estimate of drug-likeness (QED) is 0.0597. The van der Waals surface area contributed by atoms with E-state index >= 15 is 0 Å². The minimum Gasteiger partial charge on any atom is -0.507 e. The molecule has 46 heavy (non-hydrogen) atoms. The number of ketones is 1. The molecule has 2 N–H and O–H groups in total. The van der Waals surface area contributed by atoms with Gasteiger partial charge in [0, 0.05) is 18.2 Å². The zero-order valence-electron chi connectivity index (χ0n) is 24.2. The third-order valence-electron chi connectivity index (χ3n) is 6.98. The summed E-state index contributed by atoms with van der Waals surface area (Å²) in [6.07, 6.45) is 0. The zero-order chi connectivity index (χ0) is 33.1. The minimum absolute atomic E-state index is 0.0600. The minimum atomic E-state index is -1.10. The molecule has 5 aromatic rings. The third-order valence-corrected chi connectivity index (χ3v) is 9.83. The number of Topliss-reactive ketones (excluding diaryl/α,β-unsaturated/α-hetero) is 1. The molecule has 13 heteroatoms. The molecule has 1 aromatic heterocycles. The molecule has 0 radical (unpaired) electrons. The number of carboxylic acids is 1. The van der Waals surface area contributed by atoms with Crippen molar-refractivity contribution in [3.8, 4) is 0 Å². The molecule has 1 fully saturated rings. The van der Waals surface area contributed by atoms with Crippen molar-refractivity contribution in [2.45, 2.75) is 30.0 Å². The summed E-state index contributed by atoms with van der Waals surface area (Å²) in [5.41, 5.74) is 1.75. The fourth-order valence-corrected chi connectivity index (χ4v) is 7.02. The number of aliphatic hydroxyl groups excluding tert-OH is 1. The van der Waals surface area contributed by atoms with Gasteiger partial charge in [0.2, 0.25) is 5.13 Å². The summed E-state index contributed by atoms with van der Waals surface area (Å²) in [6.45, 7) is 2.67. The summed E-state index contributed by atoms with van der Waals surface area (Å²) in [4.78, 5) is 37.1. The van der Waals surface area contributed by atoms with Crippen LogP contribution in [0.1, 0.15) is 35.2 Å². The number of aryl methyl sites for hydroxylation is 1. The summed E-state index contributed by atoms with van der Waals surface area (Å²) >= 11 is 15.1. The van der Waals surface area contributed by atoms with E-state index in [2.05, 4.69) is 28.4 Å². The molecule has 2 heterocycles. The third kappa shape index (κ3) is 6.92. The van der Waals surface area contributed by atoms with Crippen molar-refractivity contribution in [3.05, 3.63) is 123 Å². The van der Waals surface area contributed by atoms with Crippen LogP contribution in [0.15, 0.2) is 88.8 Å². The lowest BCUT2D eigenvalue weighted by Gasteiger charge is -2.23. The molecule has 1 unspecified atom stereocenters. The molecule has 1 aliphatic heterocycles. The first-order chi connectivity index (χ1) is 22.0. The van der Waals surface area contributed by atoms with Crippen LogP contribution in [0.25, 0.3) is 16.5 Å². The van der Waals surface area contributed by atoms with Crippen molar-refractivity contribution < 1.29 is 29.0 Å². The predicted molar refractivity (Wildman–Crippen MR) is 179 cm³/mol. The topological polar surface area (TPSA) is 121 Å². The Labute approximate surface area is 281 Å². The summed E-state index contributed by atoms with van der Waals surface area (Å²) < 4.78 is 15.0. The first-order valence-corrected chi connectivity index (χ1v) is 16.2. The van der Waals surface area contributed by atoms with Gasteiger partial charge in [0.15, 0.2) is 4.34 Å². The van der Waals surface area contributed by atoms with Gasteiger partial charge in [-0.3, -0.25) is 19.3 Å². The maximum absolute atomic E-state index is 14.4. The van der Waals surface area contributed by atoms with Gasteiger partial charge < -0.3 is 10.2 Å². The van der Waals surface area contributed by atoms with Gasteiger partial charge in [-0.1, -0.05) is 107 Å². The van der Waals surface area contributed by atoms with Crippen LogP contribution in [0.2, 0.25) is 10.0 Å². The monoisotopic (exact) mass is 695 g/mol. The Morgan fingerprint density at radius 2 is 1.70 bits per heavy atom. The number of amides is 1. The molecule has 1 atom stereocenters. The molecule has 0 aliphatic carbocycles. The van der Waals surface area contributed by atoms with Crippen LogP contribution in [-0.4, -0.2) is 38.1 Å². The van der Waals surface area contributed by atoms with E-state index in [9.17, 15) is 19.1 Å². The fraction of sp³-hybridized carbons (Fsp3) is 0.121. The second-order valence-electron chi connectivity index (χ2n) is 10.1. The first kappa shape index (κ1) is 33.1. The lowest BCUT2D eigenvalue weighted by molar-refractivity contribution is -0.134. The molecule has 8 nitrogen and oxygen atoms in total. The molecule has 1 aliphatic rings. The molecular weight excluding hydrogens is 672 g/mol. The summed E-state index contributed by atoms with van der Waals surface area (Å²) in [5, 5.41) is 30.1. The highest BCUT2D eigenvalue weighted by atomic mass is 35.5. The average molecular weight is 697 g/mol. The summed E-state index contributed by atoms with van der Waals surface area (Å²) in [5.74, 6) is -3.13. The maximum Gasteiger partial charge on any atom is 0.301 e. The van der Waals surface area contributed by atoms with Crippen molar-refractivity contribution in [1.82, 2.24) is 10.2 Å². The van der Waals surface area contributed by atoms with Crippen LogP contribution >= 0.6 is 46.3 Å². The Kier molecular flexibility index (Phi) is 10.1. The van der Waals surface area contributed by atoms with Crippen molar-refractivity contribution in [1.29, 1.82) is 0 Å². The van der Waals surface area contributed by atoms with Crippen molar-refractivity contribution in [2.24, 2.45) is 0 Å².